The molecular weight excluding hydrogens is 219 g/mol. The van der Waals surface area contributed by atoms with Gasteiger partial charge in [0.05, 0.1) is 5.56 Å². The second-order valence-electron chi connectivity index (χ2n) is 4.24. The topological polar surface area (TPSA) is 56.7 Å². The van der Waals surface area contributed by atoms with Gasteiger partial charge in [0.1, 0.15) is 11.6 Å². The minimum absolute atomic E-state index is 0.152. The maximum atomic E-state index is 13.8. The summed E-state index contributed by atoms with van der Waals surface area (Å²) < 4.78 is 15.7. The Bertz CT molecular complexity index is 525. The predicted octanol–water partition coefficient (Wildman–Crippen LogP) is 2.56. The van der Waals surface area contributed by atoms with Gasteiger partial charge in [-0.3, -0.25) is 0 Å². The molecule has 0 saturated heterocycles. The molecule has 5 heteroatoms. The number of hydrogen-bond donors (Lipinski definition) is 1. The summed E-state index contributed by atoms with van der Waals surface area (Å²) in [6, 6.07) is 4.77. The Morgan fingerprint density at radius 2 is 2.00 bits per heavy atom. The highest BCUT2D eigenvalue weighted by molar-refractivity contribution is 5.72. The van der Waals surface area contributed by atoms with Crippen LogP contribution in [0.2, 0.25) is 0 Å². The third-order valence-electron chi connectivity index (χ3n) is 2.65. The van der Waals surface area contributed by atoms with Crippen molar-refractivity contribution in [1.29, 1.82) is 0 Å². The molecule has 0 atom stereocenters. The van der Waals surface area contributed by atoms with Crippen molar-refractivity contribution in [2.75, 3.05) is 5.73 Å². The van der Waals surface area contributed by atoms with Gasteiger partial charge >= 0.3 is 0 Å². The number of aromatic nitrogens is 3. The number of benzene rings is 1. The van der Waals surface area contributed by atoms with Gasteiger partial charge < -0.3 is 10.3 Å². The number of anilines is 1. The second kappa shape index (κ2) is 4.16. The fourth-order valence-corrected chi connectivity index (χ4v) is 1.93. The minimum Gasteiger partial charge on any atom is -0.398 e. The lowest BCUT2D eigenvalue weighted by Gasteiger charge is -2.13. The van der Waals surface area contributed by atoms with Gasteiger partial charge in [-0.2, -0.15) is 0 Å². The molecule has 0 fully saturated rings. The van der Waals surface area contributed by atoms with Crippen LogP contribution in [0.1, 0.15) is 25.7 Å². The van der Waals surface area contributed by atoms with Gasteiger partial charge in [0.15, 0.2) is 5.82 Å². The minimum atomic E-state index is -0.376. The summed E-state index contributed by atoms with van der Waals surface area (Å²) in [5, 5.41) is 8.01. The van der Waals surface area contributed by atoms with Crippen LogP contribution < -0.4 is 5.73 Å². The molecule has 0 aliphatic rings. The molecule has 0 aliphatic carbocycles. The number of hydrogen-bond acceptors (Lipinski definition) is 3. The van der Waals surface area contributed by atoms with E-state index >= 15 is 0 Å². The first-order valence-corrected chi connectivity index (χ1v) is 5.48. The van der Waals surface area contributed by atoms with Crippen LogP contribution in [0.25, 0.3) is 11.4 Å². The lowest BCUT2D eigenvalue weighted by molar-refractivity contribution is 0.581. The van der Waals surface area contributed by atoms with E-state index in [0.29, 0.717) is 17.1 Å². The monoisotopic (exact) mass is 234 g/mol. The number of aryl methyl sites for hydroxylation is 1. The van der Waals surface area contributed by atoms with Gasteiger partial charge in [-0.25, -0.2) is 4.39 Å². The Labute approximate surface area is 99.3 Å². The van der Waals surface area contributed by atoms with E-state index in [0.717, 1.165) is 5.82 Å². The molecule has 0 amide bonds. The highest BCUT2D eigenvalue weighted by Crippen LogP contribution is 2.29. The average Bonchev–Trinajstić information content (AvgIpc) is 2.60. The van der Waals surface area contributed by atoms with Crippen molar-refractivity contribution >= 4 is 5.69 Å². The van der Waals surface area contributed by atoms with E-state index < -0.39 is 0 Å². The fourth-order valence-electron chi connectivity index (χ4n) is 1.93. The summed E-state index contributed by atoms with van der Waals surface area (Å²) >= 11 is 0. The molecule has 0 spiro atoms. The van der Waals surface area contributed by atoms with Crippen molar-refractivity contribution in [3.8, 4) is 11.4 Å². The van der Waals surface area contributed by atoms with Crippen molar-refractivity contribution in [2.24, 2.45) is 0 Å². The molecular formula is C12H15FN4. The molecule has 4 nitrogen and oxygen atoms in total. The van der Waals surface area contributed by atoms with Crippen molar-refractivity contribution in [3.05, 3.63) is 29.8 Å². The van der Waals surface area contributed by atoms with E-state index in [-0.39, 0.29) is 11.9 Å². The Hall–Kier alpha value is -1.91. The van der Waals surface area contributed by atoms with Crippen LogP contribution >= 0.6 is 0 Å². The molecule has 2 aromatic rings. The lowest BCUT2D eigenvalue weighted by Crippen LogP contribution is -2.07. The zero-order valence-electron chi connectivity index (χ0n) is 10.1. The zero-order chi connectivity index (χ0) is 12.6. The zero-order valence-corrected chi connectivity index (χ0v) is 10.1. The van der Waals surface area contributed by atoms with Crippen LogP contribution in [0, 0.1) is 12.7 Å². The third kappa shape index (κ3) is 1.88. The summed E-state index contributed by atoms with van der Waals surface area (Å²) in [5.41, 5.74) is 6.51. The number of halogens is 1. The Morgan fingerprint density at radius 1 is 1.29 bits per heavy atom. The maximum absolute atomic E-state index is 13.8. The number of nitrogens with zero attached hydrogens (tertiary/aromatic N) is 3. The SMILES string of the molecule is Cc1nnc(-c2c(N)cccc2F)n1C(C)C. The van der Waals surface area contributed by atoms with Crippen molar-refractivity contribution < 1.29 is 4.39 Å². The maximum Gasteiger partial charge on any atom is 0.169 e. The van der Waals surface area contributed by atoms with Gasteiger partial charge in [-0.15, -0.1) is 10.2 Å². The Kier molecular flexibility index (Phi) is 2.83. The first-order chi connectivity index (χ1) is 8.02. The van der Waals surface area contributed by atoms with E-state index in [2.05, 4.69) is 10.2 Å². The van der Waals surface area contributed by atoms with Crippen molar-refractivity contribution in [2.45, 2.75) is 26.8 Å². The predicted molar refractivity (Wildman–Crippen MR) is 65.0 cm³/mol. The van der Waals surface area contributed by atoms with Gasteiger partial charge in [-0.05, 0) is 32.9 Å². The largest absolute Gasteiger partial charge is 0.398 e. The third-order valence-corrected chi connectivity index (χ3v) is 2.65. The molecule has 0 radical (unpaired) electrons. The van der Waals surface area contributed by atoms with Crippen LogP contribution in [0.5, 0.6) is 0 Å². The molecule has 17 heavy (non-hydrogen) atoms. The molecule has 1 heterocycles. The van der Waals surface area contributed by atoms with Crippen LogP contribution in [0.3, 0.4) is 0 Å². The highest BCUT2D eigenvalue weighted by atomic mass is 19.1. The first-order valence-electron chi connectivity index (χ1n) is 5.48. The number of nitrogens with two attached hydrogens (primary N) is 1. The Balaban J connectivity index is 2.69. The average molecular weight is 234 g/mol. The summed E-state index contributed by atoms with van der Waals surface area (Å²) in [6.45, 7) is 5.83. The van der Waals surface area contributed by atoms with Crippen molar-refractivity contribution in [3.63, 3.8) is 0 Å². The van der Waals surface area contributed by atoms with Gasteiger partial charge in [-0.1, -0.05) is 6.07 Å². The molecule has 90 valence electrons. The van der Waals surface area contributed by atoms with Crippen LogP contribution in [-0.4, -0.2) is 14.8 Å². The standard InChI is InChI=1S/C12H15FN4/c1-7(2)17-8(3)15-16-12(17)11-9(13)5-4-6-10(11)14/h4-7H,14H2,1-3H3. The van der Waals surface area contributed by atoms with E-state index in [1.165, 1.54) is 6.07 Å². The number of rotatable bonds is 2. The highest BCUT2D eigenvalue weighted by Gasteiger charge is 2.18. The fraction of sp³-hybridized carbons (Fsp3) is 0.333. The first kappa shape index (κ1) is 11.6. The second-order valence-corrected chi connectivity index (χ2v) is 4.24. The molecule has 2 N–H and O–H groups in total. The quantitative estimate of drug-likeness (QED) is 0.812. The van der Waals surface area contributed by atoms with Crippen LogP contribution in [0.15, 0.2) is 18.2 Å². The smallest absolute Gasteiger partial charge is 0.169 e. The van der Waals surface area contributed by atoms with E-state index in [4.69, 9.17) is 5.73 Å². The molecule has 0 saturated carbocycles. The van der Waals surface area contributed by atoms with Gasteiger partial charge in [0, 0.05) is 11.7 Å². The van der Waals surface area contributed by atoms with E-state index in [9.17, 15) is 4.39 Å². The van der Waals surface area contributed by atoms with Gasteiger partial charge in [0.2, 0.25) is 0 Å². The number of nitrogen functional groups attached to an aromatic ring is 1. The summed E-state index contributed by atoms with van der Waals surface area (Å²) in [6.07, 6.45) is 0. The lowest BCUT2D eigenvalue weighted by atomic mass is 10.1. The molecule has 2 rings (SSSR count). The molecule has 0 bridgehead atoms. The van der Waals surface area contributed by atoms with Crippen LogP contribution in [0.4, 0.5) is 10.1 Å². The summed E-state index contributed by atoms with van der Waals surface area (Å²) in [7, 11) is 0. The van der Waals surface area contributed by atoms with Crippen molar-refractivity contribution in [1.82, 2.24) is 14.8 Å². The Morgan fingerprint density at radius 3 is 2.59 bits per heavy atom. The summed E-state index contributed by atoms with van der Waals surface area (Å²) in [5.74, 6) is 0.852. The van der Waals surface area contributed by atoms with E-state index in [1.807, 2.05) is 25.3 Å². The molecule has 0 aliphatic heterocycles. The summed E-state index contributed by atoms with van der Waals surface area (Å²) in [4.78, 5) is 0. The molecule has 1 aromatic heterocycles. The van der Waals surface area contributed by atoms with E-state index in [1.54, 1.807) is 12.1 Å². The van der Waals surface area contributed by atoms with Crippen LogP contribution in [-0.2, 0) is 0 Å². The normalized spacial score (nSPS) is 11.1. The molecule has 0 unspecified atom stereocenters. The van der Waals surface area contributed by atoms with Gasteiger partial charge in [0.25, 0.3) is 0 Å². The molecule has 1 aromatic carbocycles.